The van der Waals surface area contributed by atoms with E-state index in [-0.39, 0.29) is 0 Å². The quantitative estimate of drug-likeness (QED) is 0.899. The van der Waals surface area contributed by atoms with E-state index in [1.54, 1.807) is 39.0 Å². The number of halogens is 1. The maximum atomic E-state index is 11.7. The molecule has 0 fully saturated rings. The molecule has 0 bridgehead atoms. The molecule has 0 aliphatic carbocycles. The van der Waals surface area contributed by atoms with Gasteiger partial charge in [-0.1, -0.05) is 0 Å². The molecule has 1 N–H and O–H groups in total. The monoisotopic (exact) mass is 339 g/mol. The van der Waals surface area contributed by atoms with Crippen LogP contribution in [0.4, 0.5) is 10.6 Å². The third kappa shape index (κ3) is 4.06. The summed E-state index contributed by atoms with van der Waals surface area (Å²) in [5.41, 5.74) is 0.00277. The third-order valence-corrected chi connectivity index (χ3v) is 2.55. The molecule has 0 aromatic carbocycles. The highest BCUT2D eigenvalue weighted by Crippen LogP contribution is 2.24. The number of rotatable bonds is 2. The van der Waals surface area contributed by atoms with Crippen LogP contribution >= 0.6 is 15.9 Å². The summed E-state index contributed by atoms with van der Waals surface area (Å²) < 4.78 is 11.1. The van der Waals surface area contributed by atoms with Gasteiger partial charge in [0, 0.05) is 6.07 Å². The Kier molecular flexibility index (Phi) is 4.08. The average Bonchev–Trinajstić information content (AvgIpc) is 2.73. The van der Waals surface area contributed by atoms with Gasteiger partial charge in [0.05, 0.1) is 0 Å². The highest BCUT2D eigenvalue weighted by Gasteiger charge is 2.17. The van der Waals surface area contributed by atoms with Crippen molar-refractivity contribution in [3.63, 3.8) is 0 Å². The number of anilines is 1. The number of ether oxygens (including phenoxy) is 1. The molecule has 2 rings (SSSR count). The molecule has 0 saturated heterocycles. The van der Waals surface area contributed by atoms with Gasteiger partial charge in [-0.25, -0.2) is 14.8 Å². The zero-order valence-electron chi connectivity index (χ0n) is 11.3. The standard InChI is InChI=1S/C13H14BrN3O3/c1-13(2,3)20-12(18)17-11-6-8(15-7-16-11)9-4-5-10(14)19-9/h4-7H,1-3H3,(H,15,16,17,18). The second-order valence-electron chi connectivity index (χ2n) is 5.02. The van der Waals surface area contributed by atoms with Crippen LogP contribution in [0.15, 0.2) is 33.6 Å². The van der Waals surface area contributed by atoms with Crippen molar-refractivity contribution < 1.29 is 13.9 Å². The molecule has 0 spiro atoms. The maximum Gasteiger partial charge on any atom is 0.413 e. The molecule has 2 heterocycles. The zero-order valence-corrected chi connectivity index (χ0v) is 12.9. The summed E-state index contributed by atoms with van der Waals surface area (Å²) in [5, 5.41) is 2.55. The van der Waals surface area contributed by atoms with Crippen molar-refractivity contribution in [1.29, 1.82) is 0 Å². The first kappa shape index (κ1) is 14.5. The van der Waals surface area contributed by atoms with Gasteiger partial charge < -0.3 is 9.15 Å². The lowest BCUT2D eigenvalue weighted by Crippen LogP contribution is -2.27. The molecule has 0 radical (unpaired) electrons. The molecule has 106 valence electrons. The normalized spacial score (nSPS) is 11.2. The first-order valence-electron chi connectivity index (χ1n) is 5.91. The number of carbonyl (C=O) groups is 1. The summed E-state index contributed by atoms with van der Waals surface area (Å²) in [6.45, 7) is 5.37. The van der Waals surface area contributed by atoms with Gasteiger partial charge in [-0.2, -0.15) is 0 Å². The molecule has 7 heteroatoms. The topological polar surface area (TPSA) is 77.2 Å². The second kappa shape index (κ2) is 5.62. The van der Waals surface area contributed by atoms with Crippen LogP contribution in [0.5, 0.6) is 0 Å². The number of amides is 1. The van der Waals surface area contributed by atoms with Gasteiger partial charge in [-0.15, -0.1) is 0 Å². The molecule has 0 unspecified atom stereocenters. The second-order valence-corrected chi connectivity index (χ2v) is 5.80. The summed E-state index contributed by atoms with van der Waals surface area (Å²) in [5.74, 6) is 0.920. The Morgan fingerprint density at radius 1 is 1.35 bits per heavy atom. The molecule has 2 aromatic rings. The average molecular weight is 340 g/mol. The van der Waals surface area contributed by atoms with E-state index in [4.69, 9.17) is 9.15 Å². The van der Waals surface area contributed by atoms with Crippen LogP contribution in [0.2, 0.25) is 0 Å². The minimum atomic E-state index is -0.567. The number of hydrogen-bond acceptors (Lipinski definition) is 5. The Labute approximate surface area is 124 Å². The van der Waals surface area contributed by atoms with E-state index in [9.17, 15) is 4.79 Å². The largest absolute Gasteiger partial charge is 0.448 e. The van der Waals surface area contributed by atoms with Crippen molar-refractivity contribution in [3.05, 3.63) is 29.2 Å². The van der Waals surface area contributed by atoms with Gasteiger partial charge in [0.1, 0.15) is 23.4 Å². The van der Waals surface area contributed by atoms with Crippen molar-refractivity contribution >= 4 is 27.8 Å². The van der Waals surface area contributed by atoms with E-state index in [1.807, 2.05) is 0 Å². The fraction of sp³-hybridized carbons (Fsp3) is 0.308. The van der Waals surface area contributed by atoms with Crippen LogP contribution in [0.1, 0.15) is 20.8 Å². The van der Waals surface area contributed by atoms with Gasteiger partial charge in [-0.3, -0.25) is 5.32 Å². The van der Waals surface area contributed by atoms with Gasteiger partial charge in [0.2, 0.25) is 0 Å². The zero-order chi connectivity index (χ0) is 14.8. The number of nitrogens with one attached hydrogen (secondary N) is 1. The molecular weight excluding hydrogens is 326 g/mol. The Morgan fingerprint density at radius 2 is 2.10 bits per heavy atom. The molecule has 0 aliphatic heterocycles. The Hall–Kier alpha value is -1.89. The molecule has 20 heavy (non-hydrogen) atoms. The van der Waals surface area contributed by atoms with Crippen LogP contribution in [0, 0.1) is 0 Å². The van der Waals surface area contributed by atoms with Crippen LogP contribution in [-0.2, 0) is 4.74 Å². The van der Waals surface area contributed by atoms with Crippen LogP contribution in [-0.4, -0.2) is 21.7 Å². The highest BCUT2D eigenvalue weighted by atomic mass is 79.9. The van der Waals surface area contributed by atoms with Crippen molar-refractivity contribution in [2.75, 3.05) is 5.32 Å². The fourth-order valence-corrected chi connectivity index (χ4v) is 1.73. The van der Waals surface area contributed by atoms with Gasteiger partial charge in [0.15, 0.2) is 10.4 Å². The highest BCUT2D eigenvalue weighted by molar-refractivity contribution is 9.10. The Balaban J connectivity index is 2.12. The van der Waals surface area contributed by atoms with E-state index in [0.717, 1.165) is 0 Å². The summed E-state index contributed by atoms with van der Waals surface area (Å²) in [7, 11) is 0. The van der Waals surface area contributed by atoms with Crippen LogP contribution in [0.3, 0.4) is 0 Å². The number of nitrogens with zero attached hydrogens (tertiary/aromatic N) is 2. The molecule has 6 nitrogen and oxygen atoms in total. The number of carbonyl (C=O) groups excluding carboxylic acids is 1. The van der Waals surface area contributed by atoms with E-state index in [2.05, 4.69) is 31.2 Å². The van der Waals surface area contributed by atoms with Gasteiger partial charge in [0.25, 0.3) is 0 Å². The smallest absolute Gasteiger partial charge is 0.413 e. The predicted molar refractivity (Wildman–Crippen MR) is 77.3 cm³/mol. The summed E-state index contributed by atoms with van der Waals surface area (Å²) in [6, 6.07) is 5.14. The summed E-state index contributed by atoms with van der Waals surface area (Å²) in [6.07, 6.45) is 0.779. The van der Waals surface area contributed by atoms with Crippen molar-refractivity contribution in [3.8, 4) is 11.5 Å². The first-order valence-corrected chi connectivity index (χ1v) is 6.70. The minimum absolute atomic E-state index is 0.344. The molecule has 1 amide bonds. The molecule has 0 atom stereocenters. The van der Waals surface area contributed by atoms with E-state index in [1.165, 1.54) is 6.33 Å². The van der Waals surface area contributed by atoms with E-state index < -0.39 is 11.7 Å². The molecule has 2 aromatic heterocycles. The Morgan fingerprint density at radius 3 is 2.70 bits per heavy atom. The Bertz CT molecular complexity index is 619. The number of hydrogen-bond donors (Lipinski definition) is 1. The lowest BCUT2D eigenvalue weighted by atomic mass is 10.2. The molecular formula is C13H14BrN3O3. The van der Waals surface area contributed by atoms with Crippen molar-refractivity contribution in [2.24, 2.45) is 0 Å². The van der Waals surface area contributed by atoms with E-state index in [0.29, 0.717) is 21.9 Å². The number of aromatic nitrogens is 2. The summed E-state index contributed by atoms with van der Waals surface area (Å²) >= 11 is 3.22. The lowest BCUT2D eigenvalue weighted by Gasteiger charge is -2.19. The van der Waals surface area contributed by atoms with Crippen LogP contribution < -0.4 is 5.32 Å². The molecule has 0 aliphatic rings. The van der Waals surface area contributed by atoms with Crippen LogP contribution in [0.25, 0.3) is 11.5 Å². The third-order valence-electron chi connectivity index (χ3n) is 2.12. The fourth-order valence-electron chi connectivity index (χ4n) is 1.42. The van der Waals surface area contributed by atoms with E-state index >= 15 is 0 Å². The SMILES string of the molecule is CC(C)(C)OC(=O)Nc1cc(-c2ccc(Br)o2)ncn1. The minimum Gasteiger partial charge on any atom is -0.448 e. The predicted octanol–water partition coefficient (Wildman–Crippen LogP) is 3.85. The van der Waals surface area contributed by atoms with Crippen molar-refractivity contribution in [2.45, 2.75) is 26.4 Å². The maximum absolute atomic E-state index is 11.7. The van der Waals surface area contributed by atoms with Gasteiger partial charge >= 0.3 is 6.09 Å². The van der Waals surface area contributed by atoms with Gasteiger partial charge in [-0.05, 0) is 48.8 Å². The lowest BCUT2D eigenvalue weighted by molar-refractivity contribution is 0.0635. The first-order chi connectivity index (χ1) is 9.33. The summed E-state index contributed by atoms with van der Waals surface area (Å²) in [4.78, 5) is 19.7. The molecule has 0 saturated carbocycles. The van der Waals surface area contributed by atoms with Crippen molar-refractivity contribution in [1.82, 2.24) is 9.97 Å². The number of furan rings is 1.